The van der Waals surface area contributed by atoms with E-state index in [0.717, 1.165) is 29.7 Å². The van der Waals surface area contributed by atoms with Crippen LogP contribution in [0.3, 0.4) is 0 Å². The maximum absolute atomic E-state index is 13.7. The Hall–Kier alpha value is -3.80. The predicted octanol–water partition coefficient (Wildman–Crippen LogP) is 4.15. The molecule has 0 fully saturated rings. The number of benzene rings is 3. The van der Waals surface area contributed by atoms with E-state index in [2.05, 4.69) is 5.32 Å². The van der Waals surface area contributed by atoms with Crippen molar-refractivity contribution >= 4 is 17.5 Å². The summed E-state index contributed by atoms with van der Waals surface area (Å²) in [5, 5.41) is 2.94. The van der Waals surface area contributed by atoms with Crippen LogP contribution in [-0.2, 0) is 11.2 Å². The average molecular weight is 431 g/mol. The lowest BCUT2D eigenvalue weighted by atomic mass is 9.99. The number of carbonyl (C=O) groups excluding carboxylic acids is 2. The van der Waals surface area contributed by atoms with Crippen LogP contribution in [0.5, 0.6) is 11.5 Å². The first kappa shape index (κ1) is 21.4. The zero-order valence-corrected chi connectivity index (χ0v) is 18.2. The Morgan fingerprint density at radius 2 is 1.69 bits per heavy atom. The largest absolute Gasteiger partial charge is 0.497 e. The van der Waals surface area contributed by atoms with Crippen molar-refractivity contribution in [1.82, 2.24) is 5.32 Å². The summed E-state index contributed by atoms with van der Waals surface area (Å²) in [6.07, 6.45) is 1.82. The number of para-hydroxylation sites is 1. The van der Waals surface area contributed by atoms with E-state index in [1.54, 1.807) is 30.2 Å². The van der Waals surface area contributed by atoms with E-state index in [1.807, 2.05) is 54.6 Å². The third-order valence-electron chi connectivity index (χ3n) is 5.68. The fraction of sp³-hybridized carbons (Fsp3) is 0.231. The second kappa shape index (κ2) is 9.56. The number of anilines is 1. The lowest BCUT2D eigenvalue weighted by Crippen LogP contribution is -2.45. The summed E-state index contributed by atoms with van der Waals surface area (Å²) in [5.41, 5.74) is 3.10. The van der Waals surface area contributed by atoms with E-state index in [1.165, 1.54) is 7.11 Å². The molecule has 32 heavy (non-hydrogen) atoms. The number of hydrogen-bond donors (Lipinski definition) is 1. The molecule has 1 heterocycles. The molecule has 164 valence electrons. The van der Waals surface area contributed by atoms with Gasteiger partial charge < -0.3 is 19.7 Å². The van der Waals surface area contributed by atoms with Crippen molar-refractivity contribution in [2.45, 2.75) is 18.9 Å². The molecular formula is C26H26N2O4. The van der Waals surface area contributed by atoms with Crippen LogP contribution in [-0.4, -0.2) is 32.6 Å². The Morgan fingerprint density at radius 3 is 2.44 bits per heavy atom. The van der Waals surface area contributed by atoms with Gasteiger partial charge in [0.1, 0.15) is 17.5 Å². The number of hydrogen-bond acceptors (Lipinski definition) is 4. The highest BCUT2D eigenvalue weighted by Gasteiger charge is 2.31. The van der Waals surface area contributed by atoms with Gasteiger partial charge in [0, 0.05) is 18.3 Å². The second-order valence-corrected chi connectivity index (χ2v) is 7.61. The maximum Gasteiger partial charge on any atom is 0.255 e. The van der Waals surface area contributed by atoms with Gasteiger partial charge in [-0.2, -0.15) is 0 Å². The van der Waals surface area contributed by atoms with Gasteiger partial charge in [-0.1, -0.05) is 48.5 Å². The van der Waals surface area contributed by atoms with Crippen LogP contribution in [0.25, 0.3) is 0 Å². The van der Waals surface area contributed by atoms with Gasteiger partial charge in [0.05, 0.1) is 19.8 Å². The van der Waals surface area contributed by atoms with Crippen molar-refractivity contribution in [1.29, 1.82) is 0 Å². The number of nitrogens with one attached hydrogen (secondary N) is 1. The third-order valence-corrected chi connectivity index (χ3v) is 5.68. The molecule has 3 aromatic carbocycles. The summed E-state index contributed by atoms with van der Waals surface area (Å²) < 4.78 is 10.6. The fourth-order valence-electron chi connectivity index (χ4n) is 4.05. The minimum atomic E-state index is -0.832. The smallest absolute Gasteiger partial charge is 0.255 e. The van der Waals surface area contributed by atoms with Crippen LogP contribution in [0.4, 0.5) is 5.69 Å². The van der Waals surface area contributed by atoms with Crippen molar-refractivity contribution in [2.24, 2.45) is 0 Å². The molecule has 1 aliphatic rings. The van der Waals surface area contributed by atoms with Gasteiger partial charge in [-0.05, 0) is 42.2 Å². The van der Waals surface area contributed by atoms with Crippen LogP contribution < -0.4 is 19.7 Å². The van der Waals surface area contributed by atoms with Crippen molar-refractivity contribution < 1.29 is 19.1 Å². The maximum atomic E-state index is 13.7. The lowest BCUT2D eigenvalue weighted by molar-refractivity contribution is -0.120. The predicted molar refractivity (Wildman–Crippen MR) is 123 cm³/mol. The molecular weight excluding hydrogens is 404 g/mol. The zero-order valence-electron chi connectivity index (χ0n) is 18.2. The molecule has 0 spiro atoms. The van der Waals surface area contributed by atoms with Crippen molar-refractivity contribution in [3.05, 3.63) is 89.5 Å². The quantitative estimate of drug-likeness (QED) is 0.638. The Bertz CT molecular complexity index is 1110. The van der Waals surface area contributed by atoms with Crippen LogP contribution >= 0.6 is 0 Å². The molecule has 0 saturated carbocycles. The molecule has 4 rings (SSSR count). The normalized spacial score (nSPS) is 13.6. The molecule has 0 saturated heterocycles. The van der Waals surface area contributed by atoms with Crippen LogP contribution in [0, 0.1) is 0 Å². The SMILES string of the molecule is COc1ccc(C(=O)N[C@H](C(=O)N2CCCc3ccccc32)c2ccccc2)c(OC)c1. The summed E-state index contributed by atoms with van der Waals surface area (Å²) in [6.45, 7) is 0.612. The monoisotopic (exact) mass is 430 g/mol. The van der Waals surface area contributed by atoms with E-state index in [0.29, 0.717) is 23.6 Å². The van der Waals surface area contributed by atoms with Crippen LogP contribution in [0.2, 0.25) is 0 Å². The highest BCUT2D eigenvalue weighted by atomic mass is 16.5. The average Bonchev–Trinajstić information content (AvgIpc) is 2.86. The molecule has 1 aliphatic heterocycles. The highest BCUT2D eigenvalue weighted by molar-refractivity contribution is 6.04. The topological polar surface area (TPSA) is 67.9 Å². The summed E-state index contributed by atoms with van der Waals surface area (Å²) >= 11 is 0. The number of aryl methyl sites for hydroxylation is 1. The number of methoxy groups -OCH3 is 2. The van der Waals surface area contributed by atoms with Crippen LogP contribution in [0.1, 0.15) is 33.9 Å². The van der Waals surface area contributed by atoms with Gasteiger partial charge in [0.15, 0.2) is 0 Å². The first-order valence-corrected chi connectivity index (χ1v) is 10.6. The standard InChI is InChI=1S/C26H26N2O4/c1-31-20-14-15-21(23(17-20)32-2)25(29)27-24(19-10-4-3-5-11-19)26(30)28-16-8-12-18-9-6-7-13-22(18)28/h3-7,9-11,13-15,17,24H,8,12,16H2,1-2H3,(H,27,29)/t24-/m0/s1. The van der Waals surface area contributed by atoms with Gasteiger partial charge in [0.2, 0.25) is 0 Å². The molecule has 1 atom stereocenters. The van der Waals surface area contributed by atoms with Crippen molar-refractivity contribution in [3.63, 3.8) is 0 Å². The number of amides is 2. The minimum Gasteiger partial charge on any atom is -0.497 e. The minimum absolute atomic E-state index is 0.163. The Morgan fingerprint density at radius 1 is 0.938 bits per heavy atom. The Kier molecular flexibility index (Phi) is 6.40. The summed E-state index contributed by atoms with van der Waals surface area (Å²) in [6, 6.07) is 21.4. The van der Waals surface area contributed by atoms with E-state index in [9.17, 15) is 9.59 Å². The third kappa shape index (κ3) is 4.30. The zero-order chi connectivity index (χ0) is 22.5. The van der Waals surface area contributed by atoms with Gasteiger partial charge >= 0.3 is 0 Å². The fourth-order valence-corrected chi connectivity index (χ4v) is 4.05. The van der Waals surface area contributed by atoms with Gasteiger partial charge in [-0.25, -0.2) is 0 Å². The molecule has 1 N–H and O–H groups in total. The summed E-state index contributed by atoms with van der Waals surface area (Å²) in [4.78, 5) is 28.8. The number of nitrogens with zero attached hydrogens (tertiary/aromatic N) is 1. The van der Waals surface area contributed by atoms with Gasteiger partial charge in [-0.3, -0.25) is 9.59 Å². The molecule has 6 nitrogen and oxygen atoms in total. The molecule has 0 bridgehead atoms. The number of ether oxygens (including phenoxy) is 2. The number of carbonyl (C=O) groups is 2. The van der Waals surface area contributed by atoms with E-state index >= 15 is 0 Å². The molecule has 0 unspecified atom stereocenters. The van der Waals surface area contributed by atoms with Crippen LogP contribution in [0.15, 0.2) is 72.8 Å². The number of fused-ring (bicyclic) bond motifs is 1. The summed E-state index contributed by atoms with van der Waals surface area (Å²) in [5.74, 6) is 0.407. The molecule has 2 amide bonds. The molecule has 6 heteroatoms. The van der Waals surface area contributed by atoms with E-state index in [-0.39, 0.29) is 5.91 Å². The molecule has 3 aromatic rings. The lowest BCUT2D eigenvalue weighted by Gasteiger charge is -2.33. The molecule has 0 radical (unpaired) electrons. The second-order valence-electron chi connectivity index (χ2n) is 7.61. The van der Waals surface area contributed by atoms with Gasteiger partial charge in [0.25, 0.3) is 11.8 Å². The number of rotatable bonds is 6. The molecule has 0 aromatic heterocycles. The Labute approximate surface area is 187 Å². The van der Waals surface area contributed by atoms with E-state index < -0.39 is 11.9 Å². The van der Waals surface area contributed by atoms with Crippen molar-refractivity contribution in [2.75, 3.05) is 25.7 Å². The Balaban J connectivity index is 1.67. The van der Waals surface area contributed by atoms with E-state index in [4.69, 9.17) is 9.47 Å². The molecule has 0 aliphatic carbocycles. The highest BCUT2D eigenvalue weighted by Crippen LogP contribution is 2.30. The first-order chi connectivity index (χ1) is 15.6. The van der Waals surface area contributed by atoms with Gasteiger partial charge in [-0.15, -0.1) is 0 Å². The first-order valence-electron chi connectivity index (χ1n) is 10.6. The van der Waals surface area contributed by atoms with Crippen molar-refractivity contribution in [3.8, 4) is 11.5 Å². The summed E-state index contributed by atoms with van der Waals surface area (Å²) in [7, 11) is 3.05.